The molecule has 2 aromatic heterocycles. The van der Waals surface area contributed by atoms with Crippen molar-refractivity contribution in [2.75, 3.05) is 0 Å². The maximum absolute atomic E-state index is 13.1. The molecule has 0 aliphatic heterocycles. The van der Waals surface area contributed by atoms with Crippen LogP contribution in [0.4, 0.5) is 4.39 Å². The van der Waals surface area contributed by atoms with E-state index in [1.807, 2.05) is 0 Å². The van der Waals surface area contributed by atoms with Crippen LogP contribution in [0.1, 0.15) is 5.69 Å². The molecule has 0 amide bonds. The number of halogens is 3. The Morgan fingerprint density at radius 2 is 2.13 bits per heavy atom. The van der Waals surface area contributed by atoms with Gasteiger partial charge in [0, 0.05) is 0 Å². The highest BCUT2D eigenvalue weighted by molar-refractivity contribution is 9.10. The van der Waals surface area contributed by atoms with E-state index in [9.17, 15) is 4.39 Å². The Bertz CT molecular complexity index is 492. The van der Waals surface area contributed by atoms with Crippen LogP contribution >= 0.6 is 27.5 Å². The lowest BCUT2D eigenvalue weighted by Crippen LogP contribution is -1.96. The molecule has 3 nitrogen and oxygen atoms in total. The van der Waals surface area contributed by atoms with E-state index in [0.717, 1.165) is 0 Å². The summed E-state index contributed by atoms with van der Waals surface area (Å²) in [6.45, 7) is 1.52. The zero-order valence-electron chi connectivity index (χ0n) is 7.59. The van der Waals surface area contributed by atoms with E-state index in [0.29, 0.717) is 10.4 Å². The van der Waals surface area contributed by atoms with Gasteiger partial charge in [0.25, 0.3) is 0 Å². The summed E-state index contributed by atoms with van der Waals surface area (Å²) >= 11 is 8.75. The number of furan rings is 1. The summed E-state index contributed by atoms with van der Waals surface area (Å²) in [6, 6.07) is 3.37. The minimum absolute atomic E-state index is 0.192. The molecule has 15 heavy (non-hydrogen) atoms. The molecule has 0 radical (unpaired) electrons. The van der Waals surface area contributed by atoms with Gasteiger partial charge in [0.2, 0.25) is 0 Å². The number of aryl methyl sites for hydroxylation is 1. The second kappa shape index (κ2) is 3.90. The molecule has 78 valence electrons. The van der Waals surface area contributed by atoms with Gasteiger partial charge < -0.3 is 4.42 Å². The van der Waals surface area contributed by atoms with Crippen LogP contribution in [0.25, 0.3) is 11.6 Å². The van der Waals surface area contributed by atoms with Crippen LogP contribution in [-0.2, 0) is 0 Å². The standard InChI is InChI=1S/C9H5BrClFN2O/c1-4-7(12)8(11)14-9(13-4)5-2-3-6(10)15-5/h2-3H,1H3. The largest absolute Gasteiger partial charge is 0.446 e. The second-order valence-corrected chi connectivity index (χ2v) is 3.98. The average molecular weight is 292 g/mol. The Balaban J connectivity index is 2.55. The predicted molar refractivity (Wildman–Crippen MR) is 57.1 cm³/mol. The number of nitrogens with zero attached hydrogens (tertiary/aromatic N) is 2. The van der Waals surface area contributed by atoms with Gasteiger partial charge in [-0.25, -0.2) is 14.4 Å². The molecule has 0 atom stereocenters. The number of hydrogen-bond acceptors (Lipinski definition) is 3. The average Bonchev–Trinajstić information content (AvgIpc) is 2.60. The van der Waals surface area contributed by atoms with Gasteiger partial charge in [0.05, 0.1) is 5.69 Å². The van der Waals surface area contributed by atoms with Gasteiger partial charge in [-0.2, -0.15) is 0 Å². The zero-order valence-corrected chi connectivity index (χ0v) is 9.93. The lowest BCUT2D eigenvalue weighted by atomic mass is 10.4. The number of aromatic nitrogens is 2. The fraction of sp³-hybridized carbons (Fsp3) is 0.111. The second-order valence-electron chi connectivity index (χ2n) is 2.84. The Hall–Kier alpha value is -0.940. The van der Waals surface area contributed by atoms with Gasteiger partial charge in [-0.3, -0.25) is 0 Å². The van der Waals surface area contributed by atoms with E-state index >= 15 is 0 Å². The summed E-state index contributed by atoms with van der Waals surface area (Å²) in [4.78, 5) is 7.71. The Labute approximate surface area is 98.4 Å². The van der Waals surface area contributed by atoms with E-state index in [4.69, 9.17) is 16.0 Å². The summed E-state index contributed by atoms with van der Waals surface area (Å²) in [5, 5.41) is -0.204. The molecule has 0 N–H and O–H groups in total. The Kier molecular flexibility index (Phi) is 2.75. The Morgan fingerprint density at radius 3 is 2.67 bits per heavy atom. The summed E-state index contributed by atoms with van der Waals surface area (Å²) in [7, 11) is 0. The first kappa shape index (κ1) is 10.6. The number of hydrogen-bond donors (Lipinski definition) is 0. The quantitative estimate of drug-likeness (QED) is 0.754. The van der Waals surface area contributed by atoms with Gasteiger partial charge in [-0.15, -0.1) is 0 Å². The van der Waals surface area contributed by atoms with Crippen molar-refractivity contribution in [2.45, 2.75) is 6.92 Å². The highest BCUT2D eigenvalue weighted by atomic mass is 79.9. The summed E-state index contributed by atoms with van der Waals surface area (Å²) in [6.07, 6.45) is 0. The molecule has 0 aliphatic rings. The third-order valence-electron chi connectivity index (χ3n) is 1.77. The highest BCUT2D eigenvalue weighted by Crippen LogP contribution is 2.24. The zero-order chi connectivity index (χ0) is 11.0. The molecular weight excluding hydrogens is 286 g/mol. The maximum Gasteiger partial charge on any atom is 0.197 e. The van der Waals surface area contributed by atoms with E-state index in [1.54, 1.807) is 12.1 Å². The summed E-state index contributed by atoms with van der Waals surface area (Å²) in [5.74, 6) is 0.0995. The molecule has 0 aromatic carbocycles. The maximum atomic E-state index is 13.1. The van der Waals surface area contributed by atoms with Crippen molar-refractivity contribution < 1.29 is 8.81 Å². The molecule has 2 aromatic rings. The first-order chi connectivity index (χ1) is 7.08. The molecule has 2 heterocycles. The molecule has 0 saturated carbocycles. The van der Waals surface area contributed by atoms with Crippen molar-refractivity contribution in [3.63, 3.8) is 0 Å². The Morgan fingerprint density at radius 1 is 1.40 bits per heavy atom. The van der Waals surface area contributed by atoms with E-state index in [1.165, 1.54) is 6.92 Å². The van der Waals surface area contributed by atoms with Gasteiger partial charge in [-0.05, 0) is 35.0 Å². The topological polar surface area (TPSA) is 38.9 Å². The van der Waals surface area contributed by atoms with Crippen molar-refractivity contribution in [1.29, 1.82) is 0 Å². The van der Waals surface area contributed by atoms with E-state index in [2.05, 4.69) is 25.9 Å². The van der Waals surface area contributed by atoms with Gasteiger partial charge in [0.15, 0.2) is 27.2 Å². The molecule has 6 heteroatoms. The molecule has 0 bridgehead atoms. The normalized spacial score (nSPS) is 10.7. The van der Waals surface area contributed by atoms with Crippen molar-refractivity contribution in [2.24, 2.45) is 0 Å². The van der Waals surface area contributed by atoms with Crippen LogP contribution in [0.2, 0.25) is 5.15 Å². The summed E-state index contributed by atoms with van der Waals surface area (Å²) < 4.78 is 18.9. The van der Waals surface area contributed by atoms with Crippen LogP contribution < -0.4 is 0 Å². The third kappa shape index (κ3) is 2.03. The van der Waals surface area contributed by atoms with Crippen LogP contribution in [0.5, 0.6) is 0 Å². The smallest absolute Gasteiger partial charge is 0.197 e. The van der Waals surface area contributed by atoms with Crippen LogP contribution in [0.3, 0.4) is 0 Å². The first-order valence-corrected chi connectivity index (χ1v) is 5.20. The fourth-order valence-electron chi connectivity index (χ4n) is 1.07. The van der Waals surface area contributed by atoms with Gasteiger partial charge in [0.1, 0.15) is 0 Å². The van der Waals surface area contributed by atoms with Gasteiger partial charge >= 0.3 is 0 Å². The van der Waals surface area contributed by atoms with Crippen LogP contribution in [-0.4, -0.2) is 9.97 Å². The first-order valence-electron chi connectivity index (χ1n) is 4.03. The molecular formula is C9H5BrClFN2O. The van der Waals surface area contributed by atoms with E-state index in [-0.39, 0.29) is 16.7 Å². The fourth-order valence-corrected chi connectivity index (χ4v) is 1.59. The van der Waals surface area contributed by atoms with E-state index < -0.39 is 5.82 Å². The van der Waals surface area contributed by atoms with Gasteiger partial charge in [-0.1, -0.05) is 11.6 Å². The molecule has 0 spiro atoms. The van der Waals surface area contributed by atoms with Crippen molar-refractivity contribution >= 4 is 27.5 Å². The highest BCUT2D eigenvalue weighted by Gasteiger charge is 2.13. The minimum Gasteiger partial charge on any atom is -0.446 e. The van der Waals surface area contributed by atoms with Crippen LogP contribution in [0, 0.1) is 12.7 Å². The molecule has 2 rings (SSSR count). The SMILES string of the molecule is Cc1nc(-c2ccc(Br)o2)nc(Cl)c1F. The lowest BCUT2D eigenvalue weighted by Gasteiger charge is -2.00. The molecule has 0 aliphatic carbocycles. The van der Waals surface area contributed by atoms with Crippen LogP contribution in [0.15, 0.2) is 21.2 Å². The minimum atomic E-state index is -0.606. The van der Waals surface area contributed by atoms with Crippen molar-refractivity contribution in [3.8, 4) is 11.6 Å². The monoisotopic (exact) mass is 290 g/mol. The summed E-state index contributed by atoms with van der Waals surface area (Å²) in [5.41, 5.74) is 0.192. The van der Waals surface area contributed by atoms with Crippen molar-refractivity contribution in [3.05, 3.63) is 33.5 Å². The number of rotatable bonds is 1. The third-order valence-corrected chi connectivity index (χ3v) is 2.45. The van der Waals surface area contributed by atoms with Crippen molar-refractivity contribution in [1.82, 2.24) is 9.97 Å². The molecule has 0 saturated heterocycles. The lowest BCUT2D eigenvalue weighted by molar-refractivity contribution is 0.548. The molecule has 0 unspecified atom stereocenters. The molecule has 0 fully saturated rings. The predicted octanol–water partition coefficient (Wildman–Crippen LogP) is 3.60.